The van der Waals surface area contributed by atoms with Gasteiger partial charge in [-0.15, -0.1) is 0 Å². The lowest BCUT2D eigenvalue weighted by Gasteiger charge is -2.36. The Morgan fingerprint density at radius 3 is 2.77 bits per heavy atom. The number of nitrogens with two attached hydrogens (primary N) is 1. The molecule has 3 nitrogen and oxygen atoms in total. The zero-order valence-electron chi connectivity index (χ0n) is 8.24. The minimum absolute atomic E-state index is 0.286. The van der Waals surface area contributed by atoms with Gasteiger partial charge in [0, 0.05) is 25.7 Å². The first-order chi connectivity index (χ1) is 6.40. The van der Waals surface area contributed by atoms with E-state index < -0.39 is 0 Å². The van der Waals surface area contributed by atoms with Gasteiger partial charge in [0.15, 0.2) is 0 Å². The maximum absolute atomic E-state index is 5.61. The summed E-state index contributed by atoms with van der Waals surface area (Å²) in [5, 5.41) is 0. The largest absolute Gasteiger partial charge is 0.374 e. The van der Waals surface area contributed by atoms with Gasteiger partial charge >= 0.3 is 0 Å². The standard InChI is InChI=1S/C10H20N2O/c11-7-10-8-12(5-6-13-10)9-3-1-2-4-9/h9-10H,1-8,11H2/t10-/m0/s1. The molecule has 1 saturated heterocycles. The Morgan fingerprint density at radius 2 is 2.08 bits per heavy atom. The van der Waals surface area contributed by atoms with Crippen LogP contribution in [0.15, 0.2) is 0 Å². The lowest BCUT2D eigenvalue weighted by atomic mass is 10.1. The Bertz CT molecular complexity index is 157. The summed E-state index contributed by atoms with van der Waals surface area (Å²) in [5.41, 5.74) is 5.61. The molecule has 0 bridgehead atoms. The number of hydrogen-bond donors (Lipinski definition) is 1. The second-order valence-electron chi connectivity index (χ2n) is 4.16. The molecule has 2 aliphatic rings. The Balaban J connectivity index is 1.84. The van der Waals surface area contributed by atoms with E-state index in [-0.39, 0.29) is 6.10 Å². The summed E-state index contributed by atoms with van der Waals surface area (Å²) < 4.78 is 5.55. The van der Waals surface area contributed by atoms with Crippen molar-refractivity contribution in [2.75, 3.05) is 26.2 Å². The SMILES string of the molecule is NC[C@H]1CN(C2CCCC2)CCO1. The smallest absolute Gasteiger partial charge is 0.0824 e. The summed E-state index contributed by atoms with van der Waals surface area (Å²) in [6, 6.07) is 0.831. The molecule has 1 aliphatic carbocycles. The second kappa shape index (κ2) is 4.40. The van der Waals surface area contributed by atoms with Gasteiger partial charge < -0.3 is 10.5 Å². The van der Waals surface area contributed by atoms with E-state index in [9.17, 15) is 0 Å². The van der Waals surface area contributed by atoms with E-state index in [2.05, 4.69) is 4.90 Å². The van der Waals surface area contributed by atoms with Crippen molar-refractivity contribution in [2.24, 2.45) is 5.73 Å². The Labute approximate surface area is 80.2 Å². The quantitative estimate of drug-likeness (QED) is 0.682. The van der Waals surface area contributed by atoms with Crippen molar-refractivity contribution >= 4 is 0 Å². The lowest BCUT2D eigenvalue weighted by Crippen LogP contribution is -2.49. The molecule has 0 aromatic heterocycles. The average molecular weight is 184 g/mol. The van der Waals surface area contributed by atoms with Gasteiger partial charge in [-0.3, -0.25) is 4.90 Å². The van der Waals surface area contributed by atoms with Crippen LogP contribution in [0, 0.1) is 0 Å². The molecule has 0 aromatic rings. The summed E-state index contributed by atoms with van der Waals surface area (Å²) >= 11 is 0. The molecule has 76 valence electrons. The molecule has 0 radical (unpaired) electrons. The first kappa shape index (κ1) is 9.44. The van der Waals surface area contributed by atoms with Crippen molar-refractivity contribution in [1.82, 2.24) is 4.90 Å². The van der Waals surface area contributed by atoms with Crippen molar-refractivity contribution in [1.29, 1.82) is 0 Å². The second-order valence-corrected chi connectivity index (χ2v) is 4.16. The molecule has 0 unspecified atom stereocenters. The van der Waals surface area contributed by atoms with Gasteiger partial charge in [-0.1, -0.05) is 12.8 Å². The van der Waals surface area contributed by atoms with E-state index in [1.807, 2.05) is 0 Å². The van der Waals surface area contributed by atoms with E-state index in [0.29, 0.717) is 6.54 Å². The average Bonchev–Trinajstić information content (AvgIpc) is 2.71. The van der Waals surface area contributed by atoms with Crippen molar-refractivity contribution in [3.63, 3.8) is 0 Å². The fourth-order valence-electron chi connectivity index (χ4n) is 2.49. The molecular weight excluding hydrogens is 164 g/mol. The molecule has 0 amide bonds. The summed E-state index contributed by atoms with van der Waals surface area (Å²) in [6.45, 7) is 3.71. The number of rotatable bonds is 2. The van der Waals surface area contributed by atoms with Gasteiger partial charge in [0.1, 0.15) is 0 Å². The van der Waals surface area contributed by atoms with Crippen LogP contribution in [0.1, 0.15) is 25.7 Å². The summed E-state index contributed by atoms with van der Waals surface area (Å²) in [4.78, 5) is 2.58. The molecular formula is C10H20N2O. The van der Waals surface area contributed by atoms with Crippen molar-refractivity contribution in [3.05, 3.63) is 0 Å². The topological polar surface area (TPSA) is 38.5 Å². The molecule has 13 heavy (non-hydrogen) atoms. The third kappa shape index (κ3) is 2.22. The Kier molecular flexibility index (Phi) is 3.19. The Hall–Kier alpha value is -0.120. The lowest BCUT2D eigenvalue weighted by molar-refractivity contribution is -0.0374. The number of morpholine rings is 1. The number of hydrogen-bond acceptors (Lipinski definition) is 3. The van der Waals surface area contributed by atoms with Crippen LogP contribution in [0.4, 0.5) is 0 Å². The maximum atomic E-state index is 5.61. The summed E-state index contributed by atoms with van der Waals surface area (Å²) in [7, 11) is 0. The van der Waals surface area contributed by atoms with Crippen molar-refractivity contribution in [3.8, 4) is 0 Å². The van der Waals surface area contributed by atoms with Crippen LogP contribution in [0.25, 0.3) is 0 Å². The van der Waals surface area contributed by atoms with E-state index in [1.54, 1.807) is 0 Å². The highest BCUT2D eigenvalue weighted by Gasteiger charge is 2.27. The normalized spacial score (nSPS) is 32.5. The molecule has 1 atom stereocenters. The first-order valence-corrected chi connectivity index (χ1v) is 5.46. The minimum Gasteiger partial charge on any atom is -0.374 e. The molecule has 0 spiro atoms. The molecule has 1 aliphatic heterocycles. The monoisotopic (exact) mass is 184 g/mol. The van der Waals surface area contributed by atoms with E-state index in [0.717, 1.165) is 25.7 Å². The molecule has 1 saturated carbocycles. The van der Waals surface area contributed by atoms with Gasteiger partial charge in [0.25, 0.3) is 0 Å². The third-order valence-corrected chi connectivity index (χ3v) is 3.27. The molecule has 0 aromatic carbocycles. The van der Waals surface area contributed by atoms with Crippen LogP contribution in [-0.2, 0) is 4.74 Å². The van der Waals surface area contributed by atoms with Crippen LogP contribution in [0.3, 0.4) is 0 Å². The highest BCUT2D eigenvalue weighted by atomic mass is 16.5. The number of nitrogens with zero attached hydrogens (tertiary/aromatic N) is 1. The zero-order valence-corrected chi connectivity index (χ0v) is 8.24. The maximum Gasteiger partial charge on any atom is 0.0824 e. The van der Waals surface area contributed by atoms with E-state index >= 15 is 0 Å². The van der Waals surface area contributed by atoms with Crippen LogP contribution in [0.2, 0.25) is 0 Å². The van der Waals surface area contributed by atoms with Crippen LogP contribution in [0.5, 0.6) is 0 Å². The van der Waals surface area contributed by atoms with Crippen LogP contribution >= 0.6 is 0 Å². The van der Waals surface area contributed by atoms with Crippen LogP contribution in [-0.4, -0.2) is 43.3 Å². The molecule has 2 fully saturated rings. The molecule has 2 N–H and O–H groups in total. The third-order valence-electron chi connectivity index (χ3n) is 3.27. The number of ether oxygens (including phenoxy) is 1. The van der Waals surface area contributed by atoms with Crippen LogP contribution < -0.4 is 5.73 Å². The van der Waals surface area contributed by atoms with Crippen molar-refractivity contribution < 1.29 is 4.74 Å². The zero-order chi connectivity index (χ0) is 9.10. The van der Waals surface area contributed by atoms with Gasteiger partial charge in [0.05, 0.1) is 12.7 Å². The highest BCUT2D eigenvalue weighted by Crippen LogP contribution is 2.24. The predicted molar refractivity (Wildman–Crippen MR) is 52.6 cm³/mol. The summed E-state index contributed by atoms with van der Waals surface area (Å²) in [6.07, 6.45) is 5.88. The summed E-state index contributed by atoms with van der Waals surface area (Å²) in [5.74, 6) is 0. The first-order valence-electron chi connectivity index (χ1n) is 5.46. The van der Waals surface area contributed by atoms with Gasteiger partial charge in [-0.2, -0.15) is 0 Å². The van der Waals surface area contributed by atoms with Gasteiger partial charge in [-0.25, -0.2) is 0 Å². The minimum atomic E-state index is 0.286. The van der Waals surface area contributed by atoms with E-state index in [4.69, 9.17) is 10.5 Å². The highest BCUT2D eigenvalue weighted by molar-refractivity contribution is 4.82. The molecule has 2 rings (SSSR count). The fourth-order valence-corrected chi connectivity index (χ4v) is 2.49. The molecule has 3 heteroatoms. The Morgan fingerprint density at radius 1 is 1.31 bits per heavy atom. The predicted octanol–water partition coefficient (Wildman–Crippen LogP) is 0.588. The fraction of sp³-hybridized carbons (Fsp3) is 1.00. The van der Waals surface area contributed by atoms with Gasteiger partial charge in [-0.05, 0) is 12.8 Å². The van der Waals surface area contributed by atoms with Gasteiger partial charge in [0.2, 0.25) is 0 Å². The molecule has 1 heterocycles. The van der Waals surface area contributed by atoms with E-state index in [1.165, 1.54) is 25.7 Å². The van der Waals surface area contributed by atoms with Crippen molar-refractivity contribution in [2.45, 2.75) is 37.8 Å².